The summed E-state index contributed by atoms with van der Waals surface area (Å²) in [4.78, 5) is 24.2. The first kappa shape index (κ1) is 24.7. The number of ketones is 1. The van der Waals surface area contributed by atoms with Gasteiger partial charge >= 0.3 is 0 Å². The molecule has 1 aliphatic rings. The number of aromatic nitrogens is 4. The molecule has 0 atom stereocenters. The molecule has 7 nitrogen and oxygen atoms in total. The van der Waals surface area contributed by atoms with E-state index < -0.39 is 0 Å². The number of nitrogens with zero attached hydrogens (tertiary/aromatic N) is 5. The number of hydrogen-bond acceptors (Lipinski definition) is 6. The molecule has 0 saturated carbocycles. The van der Waals surface area contributed by atoms with Crippen LogP contribution in [-0.2, 0) is 17.6 Å². The van der Waals surface area contributed by atoms with Gasteiger partial charge in [0.2, 0.25) is 5.95 Å². The first-order chi connectivity index (χ1) is 19.0. The van der Waals surface area contributed by atoms with Crippen molar-refractivity contribution in [3.63, 3.8) is 0 Å². The highest BCUT2D eigenvalue weighted by Crippen LogP contribution is 2.25. The second-order valence-electron chi connectivity index (χ2n) is 9.99. The molecule has 8 heteroatoms. The minimum atomic E-state index is -0.298. The van der Waals surface area contributed by atoms with Crippen molar-refractivity contribution < 1.29 is 9.18 Å². The number of carbonyl (C=O) groups is 1. The number of carbonyl (C=O) groups excluding carboxylic acids is 1. The molecule has 0 unspecified atom stereocenters. The summed E-state index contributed by atoms with van der Waals surface area (Å²) in [5.74, 6) is 1.33. The molecular formula is C31H29FN6O. The molecule has 5 aromatic rings. The van der Waals surface area contributed by atoms with Gasteiger partial charge in [0.05, 0.1) is 11.4 Å². The Bertz CT molecular complexity index is 1620. The molecule has 1 N–H and O–H groups in total. The van der Waals surface area contributed by atoms with Crippen LogP contribution < -0.4 is 10.2 Å². The summed E-state index contributed by atoms with van der Waals surface area (Å²) in [6.07, 6.45) is 5.01. The van der Waals surface area contributed by atoms with Gasteiger partial charge < -0.3 is 10.2 Å². The average Bonchev–Trinajstić information content (AvgIpc) is 3.61. The van der Waals surface area contributed by atoms with E-state index in [1.165, 1.54) is 25.0 Å². The number of halogens is 1. The van der Waals surface area contributed by atoms with Crippen LogP contribution >= 0.6 is 0 Å². The van der Waals surface area contributed by atoms with Crippen molar-refractivity contribution in [2.24, 2.45) is 0 Å². The summed E-state index contributed by atoms with van der Waals surface area (Å²) in [5, 5.41) is 7.94. The molecule has 39 heavy (non-hydrogen) atoms. The Morgan fingerprint density at radius 1 is 0.846 bits per heavy atom. The van der Waals surface area contributed by atoms with Crippen LogP contribution in [0.5, 0.6) is 0 Å². The Labute approximate surface area is 226 Å². The van der Waals surface area contributed by atoms with Crippen LogP contribution in [-0.4, -0.2) is 38.5 Å². The highest BCUT2D eigenvalue weighted by Gasteiger charge is 2.15. The van der Waals surface area contributed by atoms with Crippen molar-refractivity contribution in [2.45, 2.75) is 32.6 Å². The SMILES string of the molecule is Cc1nc(N2CCCC2)ccc1Nc1nc2ccc(-c3ccc(CC(=O)Cc4ccc(F)cc4)cc3)cn2n1. The van der Waals surface area contributed by atoms with E-state index in [9.17, 15) is 9.18 Å². The maximum absolute atomic E-state index is 13.1. The van der Waals surface area contributed by atoms with E-state index in [4.69, 9.17) is 4.98 Å². The molecule has 4 heterocycles. The van der Waals surface area contributed by atoms with Crippen molar-refractivity contribution in [2.75, 3.05) is 23.3 Å². The van der Waals surface area contributed by atoms with Crippen LogP contribution in [0.15, 0.2) is 79.0 Å². The molecule has 0 aliphatic carbocycles. The number of fused-ring (bicyclic) bond motifs is 1. The van der Waals surface area contributed by atoms with E-state index in [0.29, 0.717) is 18.8 Å². The molecule has 1 fully saturated rings. The zero-order valence-electron chi connectivity index (χ0n) is 21.8. The molecule has 1 aliphatic heterocycles. The normalized spacial score (nSPS) is 13.2. The number of aryl methyl sites for hydroxylation is 1. The van der Waals surface area contributed by atoms with Gasteiger partial charge in [0.25, 0.3) is 0 Å². The molecule has 2 aromatic carbocycles. The van der Waals surface area contributed by atoms with Gasteiger partial charge in [-0.1, -0.05) is 36.4 Å². The average molecular weight is 521 g/mol. The fraction of sp³-hybridized carbons (Fsp3) is 0.226. The molecule has 1 saturated heterocycles. The van der Waals surface area contributed by atoms with Crippen molar-refractivity contribution in [3.05, 3.63) is 102 Å². The van der Waals surface area contributed by atoms with Gasteiger partial charge in [0.15, 0.2) is 5.65 Å². The lowest BCUT2D eigenvalue weighted by molar-refractivity contribution is -0.117. The maximum atomic E-state index is 13.1. The molecule has 0 bridgehead atoms. The summed E-state index contributed by atoms with van der Waals surface area (Å²) in [6.45, 7) is 4.12. The fourth-order valence-corrected chi connectivity index (χ4v) is 4.96. The Morgan fingerprint density at radius 2 is 1.51 bits per heavy atom. The third-order valence-electron chi connectivity index (χ3n) is 7.08. The largest absolute Gasteiger partial charge is 0.357 e. The third-order valence-corrected chi connectivity index (χ3v) is 7.08. The zero-order chi connectivity index (χ0) is 26.8. The lowest BCUT2D eigenvalue weighted by Gasteiger charge is -2.17. The molecule has 0 radical (unpaired) electrons. The minimum Gasteiger partial charge on any atom is -0.357 e. The van der Waals surface area contributed by atoms with E-state index in [1.807, 2.05) is 55.6 Å². The van der Waals surface area contributed by atoms with E-state index in [2.05, 4.69) is 26.4 Å². The highest BCUT2D eigenvalue weighted by atomic mass is 19.1. The van der Waals surface area contributed by atoms with Gasteiger partial charge in [-0.25, -0.2) is 13.9 Å². The molecule has 3 aromatic heterocycles. The summed E-state index contributed by atoms with van der Waals surface area (Å²) in [7, 11) is 0. The van der Waals surface area contributed by atoms with Gasteiger partial charge in [0, 0.05) is 37.7 Å². The zero-order valence-corrected chi connectivity index (χ0v) is 21.8. The smallest absolute Gasteiger partial charge is 0.247 e. The number of pyridine rings is 2. The Morgan fingerprint density at radius 3 is 2.21 bits per heavy atom. The van der Waals surface area contributed by atoms with E-state index in [1.54, 1.807) is 16.6 Å². The number of nitrogens with one attached hydrogen (secondary N) is 1. The standard InChI is InChI=1S/C31H29FN6O/c1-21-28(13-15-29(33-21)37-16-2-3-17-37)34-31-35-30-14-10-25(20-38(30)36-31)24-8-4-22(5-9-24)18-27(39)19-23-6-11-26(32)12-7-23/h4-15,20H,2-3,16-19H2,1H3,(H,34,36). The monoisotopic (exact) mass is 520 g/mol. The van der Waals surface area contributed by atoms with Gasteiger partial charge in [0.1, 0.15) is 17.4 Å². The molecular weight excluding hydrogens is 491 g/mol. The number of anilines is 3. The predicted molar refractivity (Wildman–Crippen MR) is 151 cm³/mol. The summed E-state index contributed by atoms with van der Waals surface area (Å²) >= 11 is 0. The Kier molecular flexibility index (Phi) is 6.75. The second kappa shape index (κ2) is 10.6. The molecule has 6 rings (SSSR count). The second-order valence-corrected chi connectivity index (χ2v) is 9.99. The van der Waals surface area contributed by atoms with Crippen molar-refractivity contribution in [3.8, 4) is 11.1 Å². The van der Waals surface area contributed by atoms with Crippen LogP contribution in [0.25, 0.3) is 16.8 Å². The van der Waals surface area contributed by atoms with Gasteiger partial charge in [-0.2, -0.15) is 4.98 Å². The molecule has 0 spiro atoms. The Hall–Kier alpha value is -4.59. The minimum absolute atomic E-state index is 0.0922. The number of rotatable bonds is 8. The van der Waals surface area contributed by atoms with Crippen LogP contribution in [0.3, 0.4) is 0 Å². The topological polar surface area (TPSA) is 75.4 Å². The highest BCUT2D eigenvalue weighted by molar-refractivity contribution is 5.83. The predicted octanol–water partition coefficient (Wildman–Crippen LogP) is 5.94. The number of Topliss-reactive ketones (excluding diaryl/α,β-unsaturated/α-hetero) is 1. The van der Waals surface area contributed by atoms with Crippen molar-refractivity contribution in [1.82, 2.24) is 19.6 Å². The van der Waals surface area contributed by atoms with Gasteiger partial charge in [-0.05, 0) is 72.9 Å². The summed E-state index contributed by atoms with van der Waals surface area (Å²) < 4.78 is 14.9. The quantitative estimate of drug-likeness (QED) is 0.273. The van der Waals surface area contributed by atoms with Crippen molar-refractivity contribution in [1.29, 1.82) is 0 Å². The van der Waals surface area contributed by atoms with Gasteiger partial charge in [-0.3, -0.25) is 4.79 Å². The molecule has 196 valence electrons. The van der Waals surface area contributed by atoms with E-state index in [-0.39, 0.29) is 11.6 Å². The number of benzene rings is 2. The van der Waals surface area contributed by atoms with Gasteiger partial charge in [-0.15, -0.1) is 5.10 Å². The van der Waals surface area contributed by atoms with Crippen LogP contribution in [0.4, 0.5) is 21.8 Å². The first-order valence-corrected chi connectivity index (χ1v) is 13.2. The van der Waals surface area contributed by atoms with E-state index >= 15 is 0 Å². The molecule has 0 amide bonds. The maximum Gasteiger partial charge on any atom is 0.247 e. The Balaban J connectivity index is 1.12. The lowest BCUT2D eigenvalue weighted by atomic mass is 10.0. The first-order valence-electron chi connectivity index (χ1n) is 13.2. The lowest BCUT2D eigenvalue weighted by Crippen LogP contribution is -2.19. The third kappa shape index (κ3) is 5.65. The fourth-order valence-electron chi connectivity index (χ4n) is 4.96. The summed E-state index contributed by atoms with van der Waals surface area (Å²) in [6, 6.07) is 22.1. The van der Waals surface area contributed by atoms with Crippen LogP contribution in [0.1, 0.15) is 29.7 Å². The van der Waals surface area contributed by atoms with Crippen LogP contribution in [0.2, 0.25) is 0 Å². The van der Waals surface area contributed by atoms with Crippen LogP contribution in [0, 0.1) is 12.7 Å². The summed E-state index contributed by atoms with van der Waals surface area (Å²) in [5.41, 5.74) is 6.32. The van der Waals surface area contributed by atoms with Crippen molar-refractivity contribution >= 4 is 28.9 Å². The number of hydrogen-bond donors (Lipinski definition) is 1. The van der Waals surface area contributed by atoms with E-state index in [0.717, 1.165) is 58.2 Å².